The van der Waals surface area contributed by atoms with E-state index in [2.05, 4.69) is 5.32 Å². The quantitative estimate of drug-likeness (QED) is 0.616. The van der Waals surface area contributed by atoms with Gasteiger partial charge in [-0.1, -0.05) is 24.3 Å². The Kier molecular flexibility index (Phi) is 8.15. The molecule has 0 bridgehead atoms. The first-order valence-electron chi connectivity index (χ1n) is 11.1. The van der Waals surface area contributed by atoms with Crippen molar-refractivity contribution in [3.05, 3.63) is 54.1 Å². The number of benzene rings is 2. The Morgan fingerprint density at radius 1 is 1.03 bits per heavy atom. The molecule has 0 saturated carbocycles. The molecule has 0 radical (unpaired) electrons. The van der Waals surface area contributed by atoms with E-state index in [0.717, 1.165) is 5.56 Å². The fourth-order valence-electron chi connectivity index (χ4n) is 3.85. The van der Waals surface area contributed by atoms with Crippen molar-refractivity contribution in [3.63, 3.8) is 0 Å². The summed E-state index contributed by atoms with van der Waals surface area (Å²) in [7, 11) is -3.52. The first-order chi connectivity index (χ1) is 15.4. The van der Waals surface area contributed by atoms with Crippen molar-refractivity contribution >= 4 is 15.9 Å². The Bertz CT molecular complexity index is 1000. The fourth-order valence-corrected chi connectivity index (χ4v) is 5.34. The molecule has 1 atom stereocenters. The molecule has 1 unspecified atom stereocenters. The Balaban J connectivity index is 1.59. The van der Waals surface area contributed by atoms with E-state index in [0.29, 0.717) is 50.6 Å². The van der Waals surface area contributed by atoms with Crippen molar-refractivity contribution in [1.29, 1.82) is 0 Å². The van der Waals surface area contributed by atoms with Crippen LogP contribution in [-0.4, -0.2) is 44.9 Å². The molecule has 2 aromatic carbocycles. The fraction of sp³-hybridized carbons (Fsp3) is 0.458. The van der Waals surface area contributed by atoms with E-state index in [-0.39, 0.29) is 22.8 Å². The number of carbonyl (C=O) groups excluding carboxylic acids is 1. The topological polar surface area (TPSA) is 84.9 Å². The number of hydrogen-bond donors (Lipinski definition) is 1. The van der Waals surface area contributed by atoms with Crippen LogP contribution in [0.4, 0.5) is 0 Å². The molecule has 8 heteroatoms. The zero-order valence-electron chi connectivity index (χ0n) is 18.9. The van der Waals surface area contributed by atoms with Crippen LogP contribution in [0.5, 0.6) is 11.5 Å². The number of sulfonamides is 1. The molecule has 3 rings (SSSR count). The first kappa shape index (κ1) is 24.1. The molecule has 0 spiro atoms. The van der Waals surface area contributed by atoms with E-state index in [1.807, 2.05) is 39.0 Å². The standard InChI is InChI=1S/C24H32N2O5S/c1-4-30-22-12-11-20(17-23(22)31-5-2)18(3)25-24(27)19-13-15-26(16-14-19)32(28,29)21-9-7-6-8-10-21/h6-12,17-19H,4-5,13-16H2,1-3H3,(H,25,27). The largest absolute Gasteiger partial charge is 0.490 e. The number of rotatable bonds is 9. The van der Waals surface area contributed by atoms with Gasteiger partial charge in [-0.25, -0.2) is 8.42 Å². The molecule has 174 valence electrons. The van der Waals surface area contributed by atoms with Crippen molar-refractivity contribution in [3.8, 4) is 11.5 Å². The zero-order valence-corrected chi connectivity index (χ0v) is 19.7. The maximum atomic E-state index is 12.9. The maximum Gasteiger partial charge on any atom is 0.243 e. The van der Waals surface area contributed by atoms with E-state index in [9.17, 15) is 13.2 Å². The highest BCUT2D eigenvalue weighted by Crippen LogP contribution is 2.31. The number of amides is 1. The van der Waals surface area contributed by atoms with E-state index >= 15 is 0 Å². The molecule has 1 aliphatic heterocycles. The summed E-state index contributed by atoms with van der Waals surface area (Å²) >= 11 is 0. The number of carbonyl (C=O) groups is 1. The molecule has 32 heavy (non-hydrogen) atoms. The van der Waals surface area contributed by atoms with Crippen molar-refractivity contribution in [2.24, 2.45) is 5.92 Å². The van der Waals surface area contributed by atoms with Gasteiger partial charge < -0.3 is 14.8 Å². The van der Waals surface area contributed by atoms with Gasteiger partial charge in [-0.3, -0.25) is 4.79 Å². The summed E-state index contributed by atoms with van der Waals surface area (Å²) in [5.74, 6) is 1.07. The Morgan fingerprint density at radius 3 is 2.28 bits per heavy atom. The second-order valence-corrected chi connectivity index (χ2v) is 9.73. The molecular weight excluding hydrogens is 428 g/mol. The number of hydrogen-bond acceptors (Lipinski definition) is 5. The molecule has 1 heterocycles. The van der Waals surface area contributed by atoms with Crippen LogP contribution in [0.1, 0.15) is 45.2 Å². The Labute approximate surface area is 190 Å². The Morgan fingerprint density at radius 2 is 1.66 bits per heavy atom. The molecular formula is C24H32N2O5S. The SMILES string of the molecule is CCOc1ccc(C(C)NC(=O)C2CCN(S(=O)(=O)c3ccccc3)CC2)cc1OCC. The second-order valence-electron chi connectivity index (χ2n) is 7.79. The van der Waals surface area contributed by atoms with Crippen LogP contribution in [0.3, 0.4) is 0 Å². The van der Waals surface area contributed by atoms with Gasteiger partial charge in [0.1, 0.15) is 0 Å². The minimum atomic E-state index is -3.52. The molecule has 1 saturated heterocycles. The monoisotopic (exact) mass is 460 g/mol. The van der Waals surface area contributed by atoms with Crippen molar-refractivity contribution in [2.45, 2.75) is 44.6 Å². The van der Waals surface area contributed by atoms with E-state index < -0.39 is 10.0 Å². The highest BCUT2D eigenvalue weighted by atomic mass is 32.2. The van der Waals surface area contributed by atoms with Crippen LogP contribution in [0.2, 0.25) is 0 Å². The van der Waals surface area contributed by atoms with Gasteiger partial charge in [0.25, 0.3) is 0 Å². The zero-order chi connectivity index (χ0) is 23.1. The lowest BCUT2D eigenvalue weighted by Crippen LogP contribution is -2.43. The number of ether oxygens (including phenoxy) is 2. The van der Waals surface area contributed by atoms with Crippen LogP contribution < -0.4 is 14.8 Å². The van der Waals surface area contributed by atoms with Crippen molar-refractivity contribution < 1.29 is 22.7 Å². The third-order valence-electron chi connectivity index (χ3n) is 5.63. The van der Waals surface area contributed by atoms with Gasteiger partial charge in [-0.05, 0) is 63.4 Å². The minimum absolute atomic E-state index is 0.0545. The van der Waals surface area contributed by atoms with Gasteiger partial charge in [-0.2, -0.15) is 4.31 Å². The third-order valence-corrected chi connectivity index (χ3v) is 7.54. The summed E-state index contributed by atoms with van der Waals surface area (Å²) in [5, 5.41) is 3.07. The first-order valence-corrected chi connectivity index (χ1v) is 12.6. The summed E-state index contributed by atoms with van der Waals surface area (Å²) in [4.78, 5) is 13.1. The Hall–Kier alpha value is -2.58. The number of nitrogens with one attached hydrogen (secondary N) is 1. The van der Waals surface area contributed by atoms with Gasteiger partial charge in [0.05, 0.1) is 24.2 Å². The summed E-state index contributed by atoms with van der Waals surface area (Å²) in [5.41, 5.74) is 0.925. The predicted molar refractivity (Wildman–Crippen MR) is 123 cm³/mol. The van der Waals surface area contributed by atoms with Gasteiger partial charge in [-0.15, -0.1) is 0 Å². The summed E-state index contributed by atoms with van der Waals surface area (Å²) < 4.78 is 38.3. The van der Waals surface area contributed by atoms with Crippen LogP contribution >= 0.6 is 0 Å². The normalized spacial score (nSPS) is 16.3. The van der Waals surface area contributed by atoms with Crippen molar-refractivity contribution in [2.75, 3.05) is 26.3 Å². The molecule has 1 amide bonds. The lowest BCUT2D eigenvalue weighted by Gasteiger charge is -2.31. The van der Waals surface area contributed by atoms with Gasteiger partial charge in [0, 0.05) is 19.0 Å². The molecule has 1 aliphatic rings. The van der Waals surface area contributed by atoms with Crippen LogP contribution in [0.25, 0.3) is 0 Å². The van der Waals surface area contributed by atoms with Crippen LogP contribution in [0, 0.1) is 5.92 Å². The molecule has 1 fully saturated rings. The van der Waals surface area contributed by atoms with E-state index in [1.165, 1.54) is 4.31 Å². The third kappa shape index (κ3) is 5.61. The summed E-state index contributed by atoms with van der Waals surface area (Å²) in [6.07, 6.45) is 0.996. The molecule has 2 aromatic rings. The van der Waals surface area contributed by atoms with Crippen LogP contribution in [0.15, 0.2) is 53.4 Å². The molecule has 0 aliphatic carbocycles. The van der Waals surface area contributed by atoms with E-state index in [1.54, 1.807) is 30.3 Å². The lowest BCUT2D eigenvalue weighted by atomic mass is 9.96. The highest BCUT2D eigenvalue weighted by molar-refractivity contribution is 7.89. The average molecular weight is 461 g/mol. The van der Waals surface area contributed by atoms with Crippen molar-refractivity contribution in [1.82, 2.24) is 9.62 Å². The molecule has 0 aromatic heterocycles. The van der Waals surface area contributed by atoms with Gasteiger partial charge in [0.2, 0.25) is 15.9 Å². The van der Waals surface area contributed by atoms with E-state index in [4.69, 9.17) is 9.47 Å². The second kappa shape index (κ2) is 10.8. The number of piperidine rings is 1. The smallest absolute Gasteiger partial charge is 0.243 e. The average Bonchev–Trinajstić information content (AvgIpc) is 2.81. The predicted octanol–water partition coefficient (Wildman–Crippen LogP) is 3.76. The molecule has 7 nitrogen and oxygen atoms in total. The molecule has 1 N–H and O–H groups in total. The summed E-state index contributed by atoms with van der Waals surface area (Å²) in [6.45, 7) is 7.50. The van der Waals surface area contributed by atoms with Crippen LogP contribution in [-0.2, 0) is 14.8 Å². The van der Waals surface area contributed by atoms with Gasteiger partial charge >= 0.3 is 0 Å². The number of nitrogens with zero attached hydrogens (tertiary/aromatic N) is 1. The summed E-state index contributed by atoms with van der Waals surface area (Å²) in [6, 6.07) is 13.9. The maximum absolute atomic E-state index is 12.9. The highest BCUT2D eigenvalue weighted by Gasteiger charge is 2.32. The minimum Gasteiger partial charge on any atom is -0.490 e. The van der Waals surface area contributed by atoms with Gasteiger partial charge in [0.15, 0.2) is 11.5 Å². The lowest BCUT2D eigenvalue weighted by molar-refractivity contribution is -0.126.